The zero-order valence-corrected chi connectivity index (χ0v) is 6.68. The standard InChI is InChI=1S/C8H15NO2/c10-6-5-9-8(7-11)3-1-2-4-8/h6,9,11H,1-5,7H2. The minimum atomic E-state index is -0.138. The van der Waals surface area contributed by atoms with Gasteiger partial charge < -0.3 is 15.2 Å². The van der Waals surface area contributed by atoms with Crippen LogP contribution in [-0.4, -0.2) is 30.1 Å². The molecule has 0 atom stereocenters. The van der Waals surface area contributed by atoms with Crippen molar-refractivity contribution in [3.05, 3.63) is 0 Å². The van der Waals surface area contributed by atoms with Gasteiger partial charge in [-0.3, -0.25) is 0 Å². The van der Waals surface area contributed by atoms with Crippen LogP contribution in [0.3, 0.4) is 0 Å². The largest absolute Gasteiger partial charge is 0.394 e. The zero-order valence-electron chi connectivity index (χ0n) is 6.68. The third-order valence-corrected chi connectivity index (χ3v) is 2.42. The molecule has 0 aromatic carbocycles. The van der Waals surface area contributed by atoms with Gasteiger partial charge in [-0.05, 0) is 12.8 Å². The van der Waals surface area contributed by atoms with Crippen molar-refractivity contribution in [3.8, 4) is 0 Å². The smallest absolute Gasteiger partial charge is 0.133 e. The van der Waals surface area contributed by atoms with Crippen LogP contribution in [0.15, 0.2) is 0 Å². The van der Waals surface area contributed by atoms with Gasteiger partial charge in [0.1, 0.15) is 6.29 Å². The summed E-state index contributed by atoms with van der Waals surface area (Å²) in [5.41, 5.74) is -0.138. The summed E-state index contributed by atoms with van der Waals surface area (Å²) in [5.74, 6) is 0. The number of carbonyl (C=O) groups excluding carboxylic acids is 1. The minimum Gasteiger partial charge on any atom is -0.394 e. The number of hydrogen-bond donors (Lipinski definition) is 2. The van der Waals surface area contributed by atoms with Gasteiger partial charge in [-0.15, -0.1) is 0 Å². The van der Waals surface area contributed by atoms with Crippen molar-refractivity contribution in [1.82, 2.24) is 5.32 Å². The number of rotatable bonds is 4. The summed E-state index contributed by atoms with van der Waals surface area (Å²) in [6.45, 7) is 0.515. The molecule has 1 aliphatic carbocycles. The molecule has 0 heterocycles. The lowest BCUT2D eigenvalue weighted by Gasteiger charge is -2.26. The van der Waals surface area contributed by atoms with Crippen LogP contribution in [0.25, 0.3) is 0 Å². The monoisotopic (exact) mass is 157 g/mol. The van der Waals surface area contributed by atoms with Gasteiger partial charge in [-0.2, -0.15) is 0 Å². The summed E-state index contributed by atoms with van der Waals surface area (Å²) in [7, 11) is 0. The molecular formula is C8H15NO2. The average molecular weight is 157 g/mol. The van der Waals surface area contributed by atoms with Crippen molar-refractivity contribution in [2.75, 3.05) is 13.2 Å². The first-order chi connectivity index (χ1) is 5.33. The summed E-state index contributed by atoms with van der Waals surface area (Å²) >= 11 is 0. The fraction of sp³-hybridized carbons (Fsp3) is 0.875. The van der Waals surface area contributed by atoms with Gasteiger partial charge in [0.2, 0.25) is 0 Å². The normalized spacial score (nSPS) is 21.9. The van der Waals surface area contributed by atoms with E-state index in [4.69, 9.17) is 5.11 Å². The Labute approximate surface area is 66.8 Å². The molecule has 0 saturated heterocycles. The van der Waals surface area contributed by atoms with Gasteiger partial charge in [-0.25, -0.2) is 0 Å². The van der Waals surface area contributed by atoms with Crippen LogP contribution < -0.4 is 5.32 Å². The molecule has 11 heavy (non-hydrogen) atoms. The fourth-order valence-electron chi connectivity index (χ4n) is 1.70. The quantitative estimate of drug-likeness (QED) is 0.568. The Balaban J connectivity index is 2.38. The fourth-order valence-corrected chi connectivity index (χ4v) is 1.70. The predicted molar refractivity (Wildman–Crippen MR) is 42.4 cm³/mol. The highest BCUT2D eigenvalue weighted by Gasteiger charge is 2.31. The molecule has 1 fully saturated rings. The number of aldehydes is 1. The number of nitrogens with one attached hydrogen (secondary N) is 1. The molecule has 1 rings (SSSR count). The first-order valence-corrected chi connectivity index (χ1v) is 4.12. The third kappa shape index (κ3) is 2.01. The number of hydrogen-bond acceptors (Lipinski definition) is 3. The van der Waals surface area contributed by atoms with Crippen LogP contribution in [-0.2, 0) is 4.79 Å². The second-order valence-electron chi connectivity index (χ2n) is 3.19. The summed E-state index contributed by atoms with van der Waals surface area (Å²) < 4.78 is 0. The van der Waals surface area contributed by atoms with Crippen LogP contribution in [0.1, 0.15) is 25.7 Å². The molecule has 0 aliphatic heterocycles. The summed E-state index contributed by atoms with van der Waals surface area (Å²) in [6, 6.07) is 0. The van der Waals surface area contributed by atoms with Gasteiger partial charge in [0.15, 0.2) is 0 Å². The highest BCUT2D eigenvalue weighted by atomic mass is 16.3. The van der Waals surface area contributed by atoms with Gasteiger partial charge in [0.05, 0.1) is 13.2 Å². The van der Waals surface area contributed by atoms with Crippen molar-refractivity contribution in [2.24, 2.45) is 0 Å². The van der Waals surface area contributed by atoms with Crippen molar-refractivity contribution >= 4 is 6.29 Å². The van der Waals surface area contributed by atoms with Crippen LogP contribution in [0, 0.1) is 0 Å². The van der Waals surface area contributed by atoms with E-state index in [0.29, 0.717) is 6.54 Å². The molecule has 64 valence electrons. The van der Waals surface area contributed by atoms with E-state index in [1.165, 1.54) is 0 Å². The Morgan fingerprint density at radius 1 is 1.45 bits per heavy atom. The Kier molecular flexibility index (Phi) is 3.02. The molecule has 3 nitrogen and oxygen atoms in total. The Bertz CT molecular complexity index is 130. The van der Waals surface area contributed by atoms with Gasteiger partial charge in [0.25, 0.3) is 0 Å². The molecule has 0 aromatic rings. The topological polar surface area (TPSA) is 49.3 Å². The lowest BCUT2D eigenvalue weighted by molar-refractivity contribution is -0.107. The van der Waals surface area contributed by atoms with Gasteiger partial charge in [0, 0.05) is 5.54 Å². The van der Waals surface area contributed by atoms with E-state index in [9.17, 15) is 4.79 Å². The SMILES string of the molecule is O=CCNC1(CO)CCCC1. The Hall–Kier alpha value is -0.410. The highest BCUT2D eigenvalue weighted by Crippen LogP contribution is 2.28. The molecule has 0 amide bonds. The number of aliphatic hydroxyl groups is 1. The maximum absolute atomic E-state index is 10.1. The molecule has 0 aromatic heterocycles. The van der Waals surface area contributed by atoms with Gasteiger partial charge >= 0.3 is 0 Å². The lowest BCUT2D eigenvalue weighted by Crippen LogP contribution is -2.46. The van der Waals surface area contributed by atoms with Crippen molar-refractivity contribution in [2.45, 2.75) is 31.2 Å². The van der Waals surface area contributed by atoms with E-state index >= 15 is 0 Å². The average Bonchev–Trinajstić information content (AvgIpc) is 2.50. The molecule has 0 spiro atoms. The molecule has 1 saturated carbocycles. The minimum absolute atomic E-state index is 0.138. The first-order valence-electron chi connectivity index (χ1n) is 4.12. The highest BCUT2D eigenvalue weighted by molar-refractivity contribution is 5.52. The second-order valence-corrected chi connectivity index (χ2v) is 3.19. The summed E-state index contributed by atoms with van der Waals surface area (Å²) in [4.78, 5) is 10.1. The van der Waals surface area contributed by atoms with Crippen LogP contribution in [0.2, 0.25) is 0 Å². The van der Waals surface area contributed by atoms with E-state index in [2.05, 4.69) is 5.32 Å². The Morgan fingerprint density at radius 3 is 2.55 bits per heavy atom. The van der Waals surface area contributed by atoms with Crippen molar-refractivity contribution in [1.29, 1.82) is 0 Å². The molecule has 0 unspecified atom stereocenters. The van der Waals surface area contributed by atoms with E-state index < -0.39 is 0 Å². The molecular weight excluding hydrogens is 142 g/mol. The van der Waals surface area contributed by atoms with E-state index in [-0.39, 0.29) is 12.1 Å². The van der Waals surface area contributed by atoms with Crippen LogP contribution >= 0.6 is 0 Å². The van der Waals surface area contributed by atoms with Gasteiger partial charge in [-0.1, -0.05) is 12.8 Å². The maximum Gasteiger partial charge on any atom is 0.133 e. The van der Waals surface area contributed by atoms with E-state index in [0.717, 1.165) is 32.0 Å². The summed E-state index contributed by atoms with van der Waals surface area (Å²) in [5, 5.41) is 12.1. The predicted octanol–water partition coefficient (Wildman–Crippen LogP) is 0.0800. The van der Waals surface area contributed by atoms with Crippen LogP contribution in [0.5, 0.6) is 0 Å². The number of carbonyl (C=O) groups is 1. The summed E-state index contributed by atoms with van der Waals surface area (Å²) in [6.07, 6.45) is 5.16. The third-order valence-electron chi connectivity index (χ3n) is 2.42. The molecule has 1 aliphatic rings. The van der Waals surface area contributed by atoms with E-state index in [1.807, 2.05) is 0 Å². The molecule has 2 N–H and O–H groups in total. The van der Waals surface area contributed by atoms with Crippen molar-refractivity contribution in [3.63, 3.8) is 0 Å². The van der Waals surface area contributed by atoms with Crippen LogP contribution in [0.4, 0.5) is 0 Å². The Morgan fingerprint density at radius 2 is 2.09 bits per heavy atom. The molecule has 3 heteroatoms. The first kappa shape index (κ1) is 8.68. The molecule has 0 bridgehead atoms. The van der Waals surface area contributed by atoms with E-state index in [1.54, 1.807) is 0 Å². The number of aliphatic hydroxyl groups excluding tert-OH is 1. The second kappa shape index (κ2) is 3.83. The zero-order chi connectivity index (χ0) is 8.16. The molecule has 0 radical (unpaired) electrons. The lowest BCUT2D eigenvalue weighted by atomic mass is 9.99. The maximum atomic E-state index is 10.1. The van der Waals surface area contributed by atoms with Crippen molar-refractivity contribution < 1.29 is 9.90 Å².